The Morgan fingerprint density at radius 3 is 2.44 bits per heavy atom. The van der Waals surface area contributed by atoms with Crippen LogP contribution in [0.15, 0.2) is 34.2 Å². The van der Waals surface area contributed by atoms with Crippen LogP contribution in [0.2, 0.25) is 0 Å². The fourth-order valence-corrected chi connectivity index (χ4v) is 6.72. The SMILES string of the molecule is CCc1sc2nc(SCC(=O)N3[C@H](C)CCC[C@H]3C)n(-c3ccc(C)cc3)c(=O)c2c1C. The van der Waals surface area contributed by atoms with Gasteiger partial charge in [0, 0.05) is 17.0 Å². The highest BCUT2D eigenvalue weighted by atomic mass is 32.2. The number of nitrogens with zero attached hydrogens (tertiary/aromatic N) is 3. The highest BCUT2D eigenvalue weighted by Gasteiger charge is 2.29. The van der Waals surface area contributed by atoms with Gasteiger partial charge in [0.15, 0.2) is 5.16 Å². The van der Waals surface area contributed by atoms with Crippen molar-refractivity contribution in [3.05, 3.63) is 50.6 Å². The summed E-state index contributed by atoms with van der Waals surface area (Å²) in [6, 6.07) is 8.42. The Morgan fingerprint density at radius 1 is 1.16 bits per heavy atom. The highest BCUT2D eigenvalue weighted by Crippen LogP contribution is 2.31. The van der Waals surface area contributed by atoms with Crippen molar-refractivity contribution in [1.82, 2.24) is 14.5 Å². The molecule has 32 heavy (non-hydrogen) atoms. The summed E-state index contributed by atoms with van der Waals surface area (Å²) in [6.07, 6.45) is 4.14. The van der Waals surface area contributed by atoms with Crippen LogP contribution < -0.4 is 5.56 Å². The molecule has 0 saturated carbocycles. The molecule has 1 aliphatic rings. The van der Waals surface area contributed by atoms with E-state index in [0.29, 0.717) is 10.5 Å². The Kier molecular flexibility index (Phi) is 6.77. The Hall–Kier alpha value is -2.12. The number of likely N-dealkylation sites (tertiary alicyclic amines) is 1. The molecule has 1 aliphatic heterocycles. The van der Waals surface area contributed by atoms with Crippen molar-refractivity contribution in [2.24, 2.45) is 0 Å². The van der Waals surface area contributed by atoms with Crippen molar-refractivity contribution in [3.8, 4) is 5.69 Å². The number of benzene rings is 1. The van der Waals surface area contributed by atoms with Crippen LogP contribution in [0.4, 0.5) is 0 Å². The first-order valence-corrected chi connectivity index (χ1v) is 13.2. The van der Waals surface area contributed by atoms with Crippen molar-refractivity contribution in [2.75, 3.05) is 5.75 Å². The Labute approximate surface area is 197 Å². The number of hydrogen-bond acceptors (Lipinski definition) is 5. The van der Waals surface area contributed by atoms with Gasteiger partial charge < -0.3 is 4.90 Å². The average molecular weight is 470 g/mol. The number of thiophene rings is 1. The van der Waals surface area contributed by atoms with Gasteiger partial charge in [-0.15, -0.1) is 11.3 Å². The van der Waals surface area contributed by atoms with Gasteiger partial charge in [0.2, 0.25) is 5.91 Å². The number of amides is 1. The van der Waals surface area contributed by atoms with E-state index < -0.39 is 0 Å². The second-order valence-corrected chi connectivity index (χ2v) is 10.8. The fraction of sp³-hybridized carbons (Fsp3) is 0.480. The third-order valence-electron chi connectivity index (χ3n) is 6.45. The van der Waals surface area contributed by atoms with E-state index in [0.717, 1.165) is 40.9 Å². The van der Waals surface area contributed by atoms with Crippen molar-refractivity contribution in [1.29, 1.82) is 0 Å². The van der Waals surface area contributed by atoms with Gasteiger partial charge in [-0.2, -0.15) is 0 Å². The van der Waals surface area contributed by atoms with Crippen LogP contribution in [0.5, 0.6) is 0 Å². The molecule has 3 heterocycles. The zero-order valence-electron chi connectivity index (χ0n) is 19.5. The molecule has 5 nitrogen and oxygen atoms in total. The van der Waals surface area contributed by atoms with Crippen LogP contribution in [0.1, 0.15) is 56.0 Å². The predicted octanol–water partition coefficient (Wildman–Crippen LogP) is 5.51. The van der Waals surface area contributed by atoms with E-state index in [1.165, 1.54) is 23.1 Å². The van der Waals surface area contributed by atoms with Crippen LogP contribution >= 0.6 is 23.1 Å². The van der Waals surface area contributed by atoms with Gasteiger partial charge in [-0.05, 0) is 71.1 Å². The molecule has 0 bridgehead atoms. The lowest BCUT2D eigenvalue weighted by Gasteiger charge is -2.39. The predicted molar refractivity (Wildman–Crippen MR) is 134 cm³/mol. The smallest absolute Gasteiger partial charge is 0.267 e. The maximum atomic E-state index is 13.7. The van der Waals surface area contributed by atoms with E-state index in [4.69, 9.17) is 4.98 Å². The third kappa shape index (κ3) is 4.25. The minimum absolute atomic E-state index is 0.0537. The lowest BCUT2D eigenvalue weighted by Crippen LogP contribution is -2.48. The molecule has 1 aromatic carbocycles. The van der Waals surface area contributed by atoms with E-state index in [-0.39, 0.29) is 29.3 Å². The summed E-state index contributed by atoms with van der Waals surface area (Å²) in [5.74, 6) is 0.403. The Morgan fingerprint density at radius 2 is 1.81 bits per heavy atom. The Bertz CT molecular complexity index is 1190. The van der Waals surface area contributed by atoms with Gasteiger partial charge in [0.1, 0.15) is 4.83 Å². The fourth-order valence-electron chi connectivity index (χ4n) is 4.68. The first-order valence-electron chi connectivity index (χ1n) is 11.4. The molecule has 0 radical (unpaired) electrons. The van der Waals surface area contributed by atoms with Crippen molar-refractivity contribution < 1.29 is 4.79 Å². The quantitative estimate of drug-likeness (QED) is 0.365. The number of thioether (sulfide) groups is 1. The van der Waals surface area contributed by atoms with Crippen molar-refractivity contribution in [3.63, 3.8) is 0 Å². The van der Waals surface area contributed by atoms with Gasteiger partial charge in [0.05, 0.1) is 16.8 Å². The molecular weight excluding hydrogens is 438 g/mol. The zero-order valence-corrected chi connectivity index (χ0v) is 21.1. The van der Waals surface area contributed by atoms with Gasteiger partial charge in [-0.25, -0.2) is 4.98 Å². The summed E-state index contributed by atoms with van der Waals surface area (Å²) in [5, 5.41) is 1.28. The van der Waals surface area contributed by atoms with Gasteiger partial charge in [-0.3, -0.25) is 14.2 Å². The van der Waals surface area contributed by atoms with Gasteiger partial charge >= 0.3 is 0 Å². The van der Waals surface area contributed by atoms with E-state index in [1.807, 2.05) is 43.0 Å². The van der Waals surface area contributed by atoms with Crippen molar-refractivity contribution in [2.45, 2.75) is 77.5 Å². The maximum absolute atomic E-state index is 13.7. The minimum atomic E-state index is -0.0537. The first kappa shape index (κ1) is 23.1. The number of carbonyl (C=O) groups is 1. The number of hydrogen-bond donors (Lipinski definition) is 0. The molecule has 170 valence electrons. The molecule has 0 unspecified atom stereocenters. The topological polar surface area (TPSA) is 55.2 Å². The lowest BCUT2D eigenvalue weighted by atomic mass is 9.98. The summed E-state index contributed by atoms with van der Waals surface area (Å²) in [5.41, 5.74) is 2.89. The molecule has 1 amide bonds. The molecule has 2 aromatic heterocycles. The van der Waals surface area contributed by atoms with Crippen molar-refractivity contribution >= 4 is 39.2 Å². The van der Waals surface area contributed by atoms with Crippen LogP contribution in [0.25, 0.3) is 15.9 Å². The summed E-state index contributed by atoms with van der Waals surface area (Å²) in [4.78, 5) is 35.7. The summed E-state index contributed by atoms with van der Waals surface area (Å²) in [6.45, 7) is 10.4. The lowest BCUT2D eigenvalue weighted by molar-refractivity contribution is -0.134. The standard InChI is InChI=1S/C25H31N3O2S2/c1-6-20-18(5)22-23(32-20)26-25(28(24(22)30)19-12-10-15(2)11-13-19)31-14-21(29)27-16(3)8-7-9-17(27)4/h10-13,16-17H,6-9,14H2,1-5H3/t16-,17-/m1/s1. The van der Waals surface area contributed by atoms with Crippen LogP contribution in [-0.2, 0) is 11.2 Å². The number of piperidine rings is 1. The molecule has 4 rings (SSSR count). The van der Waals surface area contributed by atoms with E-state index in [2.05, 4.69) is 20.8 Å². The number of fused-ring (bicyclic) bond motifs is 1. The van der Waals surface area contributed by atoms with Crippen LogP contribution in [0, 0.1) is 13.8 Å². The molecule has 2 atom stereocenters. The number of carbonyl (C=O) groups excluding carboxylic acids is 1. The van der Waals surface area contributed by atoms with Gasteiger partial charge in [0.25, 0.3) is 5.56 Å². The second kappa shape index (κ2) is 9.40. The molecule has 7 heteroatoms. The molecule has 0 spiro atoms. The minimum Gasteiger partial charge on any atom is -0.337 e. The average Bonchev–Trinajstić information content (AvgIpc) is 3.09. The number of aryl methyl sites for hydroxylation is 3. The molecule has 0 N–H and O–H groups in total. The molecule has 3 aromatic rings. The van der Waals surface area contributed by atoms with E-state index in [1.54, 1.807) is 15.9 Å². The summed E-state index contributed by atoms with van der Waals surface area (Å²) >= 11 is 2.96. The third-order valence-corrected chi connectivity index (χ3v) is 8.71. The summed E-state index contributed by atoms with van der Waals surface area (Å²) < 4.78 is 1.68. The first-order chi connectivity index (χ1) is 15.3. The monoisotopic (exact) mass is 469 g/mol. The van der Waals surface area contributed by atoms with E-state index >= 15 is 0 Å². The Balaban J connectivity index is 1.75. The molecule has 1 saturated heterocycles. The number of rotatable bonds is 5. The largest absolute Gasteiger partial charge is 0.337 e. The number of aromatic nitrogens is 2. The van der Waals surface area contributed by atoms with Crippen LogP contribution in [-0.4, -0.2) is 38.2 Å². The molecule has 0 aliphatic carbocycles. The van der Waals surface area contributed by atoms with Crippen LogP contribution in [0.3, 0.4) is 0 Å². The van der Waals surface area contributed by atoms with E-state index in [9.17, 15) is 9.59 Å². The highest BCUT2D eigenvalue weighted by molar-refractivity contribution is 7.99. The van der Waals surface area contributed by atoms with Gasteiger partial charge in [-0.1, -0.05) is 36.4 Å². The zero-order chi connectivity index (χ0) is 23.0. The normalized spacial score (nSPS) is 19.0. The maximum Gasteiger partial charge on any atom is 0.267 e. The summed E-state index contributed by atoms with van der Waals surface area (Å²) in [7, 11) is 0. The molecular formula is C25H31N3O2S2. The molecule has 1 fully saturated rings. The second-order valence-electron chi connectivity index (χ2n) is 8.77.